The zero-order valence-corrected chi connectivity index (χ0v) is 26.2. The summed E-state index contributed by atoms with van der Waals surface area (Å²) >= 11 is 3.44. The van der Waals surface area contributed by atoms with Crippen molar-refractivity contribution >= 4 is 22.7 Å². The van der Waals surface area contributed by atoms with Crippen LogP contribution >= 0.6 is 22.7 Å². The van der Waals surface area contributed by atoms with Gasteiger partial charge >= 0.3 is 0 Å². The highest BCUT2D eigenvalue weighted by Gasteiger charge is 2.56. The van der Waals surface area contributed by atoms with E-state index < -0.39 is 11.2 Å². The molecule has 0 amide bonds. The van der Waals surface area contributed by atoms with Gasteiger partial charge in [0.05, 0.1) is 9.75 Å². The van der Waals surface area contributed by atoms with Crippen LogP contribution in [0.25, 0.3) is 9.75 Å². The molecule has 1 aliphatic carbocycles. The first kappa shape index (κ1) is 31.8. The van der Waals surface area contributed by atoms with Gasteiger partial charge in [-0.15, -0.1) is 22.7 Å². The van der Waals surface area contributed by atoms with Crippen molar-refractivity contribution in [1.29, 1.82) is 0 Å². The molecule has 0 aromatic carbocycles. The fraction of sp³-hybridized carbons (Fsp3) is 0.765. The van der Waals surface area contributed by atoms with E-state index in [-0.39, 0.29) is 0 Å². The molecule has 2 unspecified atom stereocenters. The van der Waals surface area contributed by atoms with Gasteiger partial charge in [0.1, 0.15) is 11.2 Å². The molecule has 0 fully saturated rings. The van der Waals surface area contributed by atoms with Crippen LogP contribution in [0.1, 0.15) is 166 Å². The second-order valence-corrected chi connectivity index (χ2v) is 13.7. The highest BCUT2D eigenvalue weighted by atomic mass is 32.1. The van der Waals surface area contributed by atoms with E-state index in [4.69, 9.17) is 0 Å². The van der Waals surface area contributed by atoms with E-state index in [1.807, 2.05) is 0 Å². The molecule has 216 valence electrons. The van der Waals surface area contributed by atoms with Gasteiger partial charge in [-0.3, -0.25) is 0 Å². The molecule has 2 nitrogen and oxygen atoms in total. The van der Waals surface area contributed by atoms with Crippen LogP contribution in [0, 0.1) is 0 Å². The summed E-state index contributed by atoms with van der Waals surface area (Å²) in [5.41, 5.74) is -0.419. The minimum atomic E-state index is -1.18. The maximum atomic E-state index is 12.3. The summed E-state index contributed by atoms with van der Waals surface area (Å²) in [7, 11) is 0. The molecular formula is C34H56O2S2. The lowest BCUT2D eigenvalue weighted by Crippen LogP contribution is -2.51. The summed E-state index contributed by atoms with van der Waals surface area (Å²) in [5, 5.41) is 28.9. The molecule has 0 radical (unpaired) electrons. The predicted octanol–water partition coefficient (Wildman–Crippen LogP) is 11.5. The molecule has 2 atom stereocenters. The molecule has 0 saturated heterocycles. The Balaban J connectivity index is 1.51. The van der Waals surface area contributed by atoms with Crippen LogP contribution in [0.2, 0.25) is 0 Å². The van der Waals surface area contributed by atoms with Crippen molar-refractivity contribution in [2.75, 3.05) is 0 Å². The maximum absolute atomic E-state index is 12.3. The standard InChI is InChI=1S/C34H56O2S2/c1-3-5-7-9-11-13-15-17-19-21-25-33(35)29-23-27-37-31(29)32-30(24-28-38-32)34(33,36)26-22-20-18-16-14-12-10-8-6-4-2/h23-24,27-28,35-36H,3-22,25-26H2,1-2H3. The van der Waals surface area contributed by atoms with Crippen molar-refractivity contribution in [1.82, 2.24) is 0 Å². The molecule has 0 aliphatic heterocycles. The first-order chi connectivity index (χ1) is 18.6. The number of rotatable bonds is 22. The van der Waals surface area contributed by atoms with E-state index in [2.05, 4.69) is 36.7 Å². The molecule has 0 spiro atoms. The van der Waals surface area contributed by atoms with E-state index in [1.165, 1.54) is 112 Å². The van der Waals surface area contributed by atoms with Crippen molar-refractivity contribution in [2.24, 2.45) is 0 Å². The van der Waals surface area contributed by atoms with Crippen molar-refractivity contribution < 1.29 is 10.2 Å². The Morgan fingerprint density at radius 2 is 0.763 bits per heavy atom. The molecule has 3 rings (SSSR count). The first-order valence-electron chi connectivity index (χ1n) is 16.2. The Bertz CT molecular complexity index is 814. The molecule has 2 aromatic rings. The molecule has 38 heavy (non-hydrogen) atoms. The molecule has 0 bridgehead atoms. The van der Waals surface area contributed by atoms with E-state index in [0.29, 0.717) is 12.8 Å². The Labute approximate surface area is 242 Å². The smallest absolute Gasteiger partial charge is 0.124 e. The van der Waals surface area contributed by atoms with Gasteiger partial charge in [-0.1, -0.05) is 142 Å². The zero-order chi connectivity index (χ0) is 27.1. The average Bonchev–Trinajstić information content (AvgIpc) is 3.60. The Hall–Kier alpha value is -0.680. The van der Waals surface area contributed by atoms with Gasteiger partial charge in [0.2, 0.25) is 0 Å². The van der Waals surface area contributed by atoms with Crippen molar-refractivity contribution in [3.63, 3.8) is 0 Å². The molecule has 2 aromatic heterocycles. The molecule has 2 N–H and O–H groups in total. The van der Waals surface area contributed by atoms with Gasteiger partial charge in [0.25, 0.3) is 0 Å². The van der Waals surface area contributed by atoms with Crippen LogP contribution in [0.15, 0.2) is 22.9 Å². The number of aliphatic hydroxyl groups is 2. The largest absolute Gasteiger partial charge is 0.382 e. The van der Waals surface area contributed by atoms with Gasteiger partial charge in [-0.05, 0) is 35.7 Å². The predicted molar refractivity (Wildman–Crippen MR) is 168 cm³/mol. The van der Waals surface area contributed by atoms with Crippen LogP contribution < -0.4 is 0 Å². The van der Waals surface area contributed by atoms with E-state index >= 15 is 0 Å². The normalized spacial score (nSPS) is 20.5. The van der Waals surface area contributed by atoms with Gasteiger partial charge < -0.3 is 10.2 Å². The first-order valence-corrected chi connectivity index (χ1v) is 18.0. The number of thiophene rings is 2. The fourth-order valence-corrected chi connectivity index (χ4v) is 8.62. The number of unbranched alkanes of at least 4 members (excludes halogenated alkanes) is 18. The van der Waals surface area contributed by atoms with Gasteiger partial charge in [0.15, 0.2) is 0 Å². The van der Waals surface area contributed by atoms with Crippen LogP contribution in [-0.2, 0) is 11.2 Å². The second-order valence-electron chi connectivity index (χ2n) is 11.9. The molecule has 4 heteroatoms. The Morgan fingerprint density at radius 3 is 1.08 bits per heavy atom. The fourth-order valence-electron chi connectivity index (χ4n) is 6.49. The summed E-state index contributed by atoms with van der Waals surface area (Å²) in [6.07, 6.45) is 26.9. The van der Waals surface area contributed by atoms with Gasteiger partial charge in [-0.2, -0.15) is 0 Å². The zero-order valence-electron chi connectivity index (χ0n) is 24.6. The topological polar surface area (TPSA) is 40.5 Å². The lowest BCUT2D eigenvalue weighted by molar-refractivity contribution is -0.176. The second kappa shape index (κ2) is 17.2. The summed E-state index contributed by atoms with van der Waals surface area (Å²) in [6, 6.07) is 4.17. The van der Waals surface area contributed by atoms with Gasteiger partial charge in [0, 0.05) is 11.1 Å². The molecule has 1 aliphatic rings. The lowest BCUT2D eigenvalue weighted by Gasteiger charge is -2.47. The van der Waals surface area contributed by atoms with E-state index in [0.717, 1.165) is 36.8 Å². The lowest BCUT2D eigenvalue weighted by atomic mass is 9.65. The quantitative estimate of drug-likeness (QED) is 0.141. The Kier molecular flexibility index (Phi) is 14.4. The average molecular weight is 561 g/mol. The minimum absolute atomic E-state index is 0.650. The third-order valence-electron chi connectivity index (χ3n) is 8.90. The highest BCUT2D eigenvalue weighted by Crippen LogP contribution is 2.58. The maximum Gasteiger partial charge on any atom is 0.124 e. The third kappa shape index (κ3) is 8.41. The van der Waals surface area contributed by atoms with E-state index in [1.54, 1.807) is 22.7 Å². The van der Waals surface area contributed by atoms with Crippen molar-refractivity contribution in [3.8, 4) is 9.75 Å². The molecule has 2 heterocycles. The summed E-state index contributed by atoms with van der Waals surface area (Å²) in [5.74, 6) is 0. The van der Waals surface area contributed by atoms with Crippen LogP contribution in [0.5, 0.6) is 0 Å². The highest BCUT2D eigenvalue weighted by molar-refractivity contribution is 7.20. The monoisotopic (exact) mass is 560 g/mol. The van der Waals surface area contributed by atoms with Crippen LogP contribution in [-0.4, -0.2) is 10.2 Å². The Morgan fingerprint density at radius 1 is 0.474 bits per heavy atom. The summed E-state index contributed by atoms with van der Waals surface area (Å²) in [6.45, 7) is 4.55. The summed E-state index contributed by atoms with van der Waals surface area (Å²) < 4.78 is 0. The van der Waals surface area contributed by atoms with Crippen LogP contribution in [0.3, 0.4) is 0 Å². The van der Waals surface area contributed by atoms with Crippen molar-refractivity contribution in [2.45, 2.75) is 166 Å². The van der Waals surface area contributed by atoms with Gasteiger partial charge in [-0.25, -0.2) is 0 Å². The molecule has 0 saturated carbocycles. The van der Waals surface area contributed by atoms with E-state index in [9.17, 15) is 10.2 Å². The number of fused-ring (bicyclic) bond motifs is 3. The number of hydrogen-bond donors (Lipinski definition) is 2. The minimum Gasteiger partial charge on any atom is -0.382 e. The number of hydrogen-bond acceptors (Lipinski definition) is 4. The summed E-state index contributed by atoms with van der Waals surface area (Å²) in [4.78, 5) is 2.36. The molecular weight excluding hydrogens is 505 g/mol. The third-order valence-corrected chi connectivity index (χ3v) is 10.9. The van der Waals surface area contributed by atoms with Crippen LogP contribution in [0.4, 0.5) is 0 Å². The van der Waals surface area contributed by atoms with Crippen molar-refractivity contribution in [3.05, 3.63) is 34.0 Å². The SMILES string of the molecule is CCCCCCCCCCCCC1(O)c2ccsc2-c2sccc2C1(O)CCCCCCCCCCCC.